The van der Waals surface area contributed by atoms with Crippen LogP contribution in [0.3, 0.4) is 0 Å². The van der Waals surface area contributed by atoms with Crippen molar-refractivity contribution in [3.05, 3.63) is 47.0 Å². The van der Waals surface area contributed by atoms with Gasteiger partial charge in [0, 0.05) is 24.5 Å². The van der Waals surface area contributed by atoms with Gasteiger partial charge in [-0.05, 0) is 45.0 Å². The van der Waals surface area contributed by atoms with Crippen LogP contribution in [0.15, 0.2) is 24.3 Å². The number of aromatic nitrogens is 4. The van der Waals surface area contributed by atoms with Gasteiger partial charge in [0.2, 0.25) is 5.95 Å². The molecule has 144 valence electrons. The van der Waals surface area contributed by atoms with E-state index in [0.717, 1.165) is 28.1 Å². The smallest absolute Gasteiger partial charge is 0.274 e. The van der Waals surface area contributed by atoms with Gasteiger partial charge in [0.1, 0.15) is 5.69 Å². The summed E-state index contributed by atoms with van der Waals surface area (Å²) < 4.78 is 5.37. The number of anilines is 2. The standard InChI is InChI=1S/C20H22N6O2/c1-12-10-18(25-20(21-12)26-6-8-28-9-7-26)19(27)24-15-4-5-16-17(11-15)23-14(3)13(2)22-16/h4-5,10-11H,6-9H2,1-3H3,(H,24,27). The Bertz CT molecular complexity index is 1050. The molecule has 0 radical (unpaired) electrons. The SMILES string of the molecule is Cc1cc(C(=O)Nc2ccc3nc(C)c(C)nc3c2)nc(N2CCOCC2)n1. The largest absolute Gasteiger partial charge is 0.378 e. The predicted molar refractivity (Wildman–Crippen MR) is 107 cm³/mol. The summed E-state index contributed by atoms with van der Waals surface area (Å²) in [5.41, 5.74) is 5.05. The highest BCUT2D eigenvalue weighted by atomic mass is 16.5. The Morgan fingerprint density at radius 2 is 1.68 bits per heavy atom. The number of nitrogens with zero attached hydrogens (tertiary/aromatic N) is 5. The fourth-order valence-corrected chi connectivity index (χ4v) is 3.08. The van der Waals surface area contributed by atoms with Gasteiger partial charge >= 0.3 is 0 Å². The molecule has 1 saturated heterocycles. The zero-order valence-electron chi connectivity index (χ0n) is 16.2. The molecule has 1 aliphatic heterocycles. The molecule has 1 N–H and O–H groups in total. The van der Waals surface area contributed by atoms with Gasteiger partial charge in [0.05, 0.1) is 35.6 Å². The van der Waals surface area contributed by atoms with Crippen molar-refractivity contribution in [3.63, 3.8) is 0 Å². The number of ether oxygens (including phenoxy) is 1. The van der Waals surface area contributed by atoms with Gasteiger partial charge in [-0.25, -0.2) is 19.9 Å². The summed E-state index contributed by atoms with van der Waals surface area (Å²) in [4.78, 5) is 32.8. The van der Waals surface area contributed by atoms with Crippen molar-refractivity contribution >= 4 is 28.6 Å². The molecule has 3 heterocycles. The molecular weight excluding hydrogens is 356 g/mol. The van der Waals surface area contributed by atoms with Crippen LogP contribution in [0.2, 0.25) is 0 Å². The fraction of sp³-hybridized carbons (Fsp3) is 0.350. The Balaban J connectivity index is 1.58. The number of fused-ring (bicyclic) bond motifs is 1. The highest BCUT2D eigenvalue weighted by Crippen LogP contribution is 2.19. The predicted octanol–water partition coefficient (Wildman–Crippen LogP) is 2.43. The first kappa shape index (κ1) is 18.2. The van der Waals surface area contributed by atoms with E-state index in [1.807, 2.05) is 43.9 Å². The fourth-order valence-electron chi connectivity index (χ4n) is 3.08. The molecule has 1 fully saturated rings. The van der Waals surface area contributed by atoms with E-state index in [4.69, 9.17) is 4.74 Å². The molecule has 1 aliphatic rings. The highest BCUT2D eigenvalue weighted by Gasteiger charge is 2.17. The molecule has 0 unspecified atom stereocenters. The molecule has 0 bridgehead atoms. The second-order valence-electron chi connectivity index (χ2n) is 6.85. The third-order valence-corrected chi connectivity index (χ3v) is 4.70. The average molecular weight is 378 g/mol. The lowest BCUT2D eigenvalue weighted by molar-refractivity contribution is 0.102. The van der Waals surface area contributed by atoms with E-state index in [0.29, 0.717) is 43.6 Å². The lowest BCUT2D eigenvalue weighted by atomic mass is 10.2. The van der Waals surface area contributed by atoms with Crippen LogP contribution in [0.25, 0.3) is 11.0 Å². The van der Waals surface area contributed by atoms with E-state index in [-0.39, 0.29) is 5.91 Å². The zero-order valence-corrected chi connectivity index (χ0v) is 16.2. The first-order valence-electron chi connectivity index (χ1n) is 9.24. The van der Waals surface area contributed by atoms with Crippen molar-refractivity contribution in [2.24, 2.45) is 0 Å². The molecule has 3 aromatic rings. The first-order valence-corrected chi connectivity index (χ1v) is 9.24. The monoisotopic (exact) mass is 378 g/mol. The van der Waals surface area contributed by atoms with Gasteiger partial charge in [-0.1, -0.05) is 0 Å². The van der Waals surface area contributed by atoms with E-state index in [2.05, 4.69) is 25.3 Å². The maximum absolute atomic E-state index is 12.8. The zero-order chi connectivity index (χ0) is 19.7. The topological polar surface area (TPSA) is 93.1 Å². The van der Waals surface area contributed by atoms with E-state index in [9.17, 15) is 4.79 Å². The number of benzene rings is 1. The second kappa shape index (κ2) is 7.47. The number of rotatable bonds is 3. The Morgan fingerprint density at radius 3 is 2.43 bits per heavy atom. The normalized spacial score (nSPS) is 14.3. The Labute approximate surface area is 163 Å². The van der Waals surface area contributed by atoms with E-state index in [1.165, 1.54) is 0 Å². The molecular formula is C20H22N6O2. The minimum atomic E-state index is -0.281. The number of amides is 1. The van der Waals surface area contributed by atoms with Crippen LogP contribution in [0.5, 0.6) is 0 Å². The van der Waals surface area contributed by atoms with Crippen LogP contribution in [-0.4, -0.2) is 52.1 Å². The van der Waals surface area contributed by atoms with Crippen LogP contribution in [0.1, 0.15) is 27.6 Å². The summed E-state index contributed by atoms with van der Waals surface area (Å²) in [7, 11) is 0. The minimum Gasteiger partial charge on any atom is -0.378 e. The van der Waals surface area contributed by atoms with Crippen LogP contribution in [0, 0.1) is 20.8 Å². The van der Waals surface area contributed by atoms with Crippen LogP contribution >= 0.6 is 0 Å². The van der Waals surface area contributed by atoms with E-state index in [1.54, 1.807) is 6.07 Å². The van der Waals surface area contributed by atoms with Crippen molar-refractivity contribution in [1.82, 2.24) is 19.9 Å². The summed E-state index contributed by atoms with van der Waals surface area (Å²) >= 11 is 0. The Morgan fingerprint density at radius 1 is 0.964 bits per heavy atom. The summed E-state index contributed by atoms with van der Waals surface area (Å²) in [6, 6.07) is 7.19. The Kier molecular flexibility index (Phi) is 4.87. The molecule has 4 rings (SSSR count). The van der Waals surface area contributed by atoms with Gasteiger partial charge in [-0.2, -0.15) is 0 Å². The van der Waals surface area contributed by atoms with Crippen molar-refractivity contribution < 1.29 is 9.53 Å². The minimum absolute atomic E-state index is 0.281. The van der Waals surface area contributed by atoms with Crippen molar-refractivity contribution in [2.75, 3.05) is 36.5 Å². The molecule has 28 heavy (non-hydrogen) atoms. The maximum atomic E-state index is 12.8. The number of morpholine rings is 1. The number of hydrogen-bond acceptors (Lipinski definition) is 7. The molecule has 8 nitrogen and oxygen atoms in total. The van der Waals surface area contributed by atoms with Gasteiger partial charge in [0.25, 0.3) is 5.91 Å². The summed E-state index contributed by atoms with van der Waals surface area (Å²) in [6.07, 6.45) is 0. The summed E-state index contributed by atoms with van der Waals surface area (Å²) in [6.45, 7) is 8.41. The van der Waals surface area contributed by atoms with Crippen LogP contribution in [0.4, 0.5) is 11.6 Å². The molecule has 0 aliphatic carbocycles. The van der Waals surface area contributed by atoms with Crippen molar-refractivity contribution in [2.45, 2.75) is 20.8 Å². The molecule has 8 heteroatoms. The lowest BCUT2D eigenvalue weighted by Crippen LogP contribution is -2.37. The molecule has 0 saturated carbocycles. The molecule has 0 atom stereocenters. The van der Waals surface area contributed by atoms with Crippen LogP contribution < -0.4 is 10.2 Å². The van der Waals surface area contributed by atoms with Gasteiger partial charge in [0.15, 0.2) is 0 Å². The average Bonchev–Trinajstić information content (AvgIpc) is 2.69. The second-order valence-corrected chi connectivity index (χ2v) is 6.85. The molecule has 2 aromatic heterocycles. The number of hydrogen-bond donors (Lipinski definition) is 1. The number of carbonyl (C=O) groups is 1. The van der Waals surface area contributed by atoms with Gasteiger partial charge in [-0.3, -0.25) is 4.79 Å². The number of nitrogens with one attached hydrogen (secondary N) is 1. The van der Waals surface area contributed by atoms with Crippen molar-refractivity contribution in [3.8, 4) is 0 Å². The lowest BCUT2D eigenvalue weighted by Gasteiger charge is -2.27. The summed E-state index contributed by atoms with van der Waals surface area (Å²) in [5, 5.41) is 2.90. The number of carbonyl (C=O) groups excluding carboxylic acids is 1. The quantitative estimate of drug-likeness (QED) is 0.748. The molecule has 1 aromatic carbocycles. The van der Waals surface area contributed by atoms with Crippen molar-refractivity contribution in [1.29, 1.82) is 0 Å². The first-order chi connectivity index (χ1) is 13.5. The van der Waals surface area contributed by atoms with Gasteiger partial charge in [-0.15, -0.1) is 0 Å². The third kappa shape index (κ3) is 3.77. The maximum Gasteiger partial charge on any atom is 0.274 e. The summed E-state index contributed by atoms with van der Waals surface area (Å²) in [5.74, 6) is 0.278. The van der Waals surface area contributed by atoms with Crippen LogP contribution in [-0.2, 0) is 4.74 Å². The van der Waals surface area contributed by atoms with E-state index >= 15 is 0 Å². The molecule has 1 amide bonds. The van der Waals surface area contributed by atoms with Gasteiger partial charge < -0.3 is 15.0 Å². The molecule has 0 spiro atoms. The Hall–Kier alpha value is -3.13. The third-order valence-electron chi connectivity index (χ3n) is 4.70. The van der Waals surface area contributed by atoms with E-state index < -0.39 is 0 Å². The number of aryl methyl sites for hydroxylation is 3. The highest BCUT2D eigenvalue weighted by molar-refractivity contribution is 6.03.